The molecule has 4 N–H and O–H groups in total. The lowest BCUT2D eigenvalue weighted by Gasteiger charge is -2.63. The highest BCUT2D eigenvalue weighted by Gasteiger charge is 2.66. The Morgan fingerprint density at radius 1 is 1.26 bits per heavy atom. The number of carbonyl (C=O) groups excluding carboxylic acids is 1. The van der Waals surface area contributed by atoms with Crippen molar-refractivity contribution in [3.8, 4) is 0 Å². The first-order valence-corrected chi connectivity index (χ1v) is 10.1. The molecule has 6 heteroatoms. The number of carbonyl (C=O) groups is 1. The third-order valence-corrected chi connectivity index (χ3v) is 7.01. The van der Waals surface area contributed by atoms with E-state index in [0.717, 1.165) is 19.3 Å². The zero-order chi connectivity index (χ0) is 20.5. The second-order valence-electron chi connectivity index (χ2n) is 9.08. The van der Waals surface area contributed by atoms with Crippen LogP contribution in [0.1, 0.15) is 66.2 Å². The lowest BCUT2D eigenvalue weighted by Crippen LogP contribution is -2.70. The van der Waals surface area contributed by atoms with E-state index in [9.17, 15) is 25.2 Å². The third kappa shape index (κ3) is 3.69. The molecule has 0 aliphatic heterocycles. The van der Waals surface area contributed by atoms with Crippen LogP contribution in [0, 0.1) is 16.7 Å². The van der Waals surface area contributed by atoms with Gasteiger partial charge in [0.2, 0.25) is 0 Å². The van der Waals surface area contributed by atoms with Crippen molar-refractivity contribution in [2.75, 3.05) is 13.2 Å². The number of fused-ring (bicyclic) bond motifs is 1. The van der Waals surface area contributed by atoms with Gasteiger partial charge >= 0.3 is 5.97 Å². The van der Waals surface area contributed by atoms with E-state index in [0.29, 0.717) is 19.3 Å². The van der Waals surface area contributed by atoms with Crippen molar-refractivity contribution in [3.63, 3.8) is 0 Å². The Bertz CT molecular complexity index is 571. The van der Waals surface area contributed by atoms with Crippen molar-refractivity contribution in [1.82, 2.24) is 0 Å². The summed E-state index contributed by atoms with van der Waals surface area (Å²) in [5.74, 6) is -0.703. The second kappa shape index (κ2) is 8.19. The van der Waals surface area contributed by atoms with Crippen LogP contribution < -0.4 is 0 Å². The van der Waals surface area contributed by atoms with Crippen molar-refractivity contribution in [2.24, 2.45) is 16.7 Å². The maximum atomic E-state index is 12.4. The number of hydrogen-bond donors (Lipinski definition) is 4. The lowest BCUT2D eigenvalue weighted by molar-refractivity contribution is -0.237. The maximum Gasteiger partial charge on any atom is 0.306 e. The van der Waals surface area contributed by atoms with Crippen LogP contribution >= 0.6 is 0 Å². The molecule has 0 radical (unpaired) electrons. The molecule has 1 saturated carbocycles. The average molecular weight is 385 g/mol. The summed E-state index contributed by atoms with van der Waals surface area (Å²) in [6.45, 7) is 6.79. The van der Waals surface area contributed by atoms with Gasteiger partial charge in [0.25, 0.3) is 0 Å². The van der Waals surface area contributed by atoms with E-state index in [-0.39, 0.29) is 17.0 Å². The van der Waals surface area contributed by atoms with Crippen LogP contribution in [0.3, 0.4) is 0 Å². The molecule has 0 spiro atoms. The predicted molar refractivity (Wildman–Crippen MR) is 102 cm³/mol. The first kappa shape index (κ1) is 22.3. The van der Waals surface area contributed by atoms with Crippen LogP contribution in [-0.2, 0) is 9.53 Å². The SMILES string of the molecule is CCCCCC(=O)O[C@@H]1C=C(CO)C(O)(CO)[C@@]2(C)[C@H](O)CCC(C)(C)[C@H]12. The van der Waals surface area contributed by atoms with E-state index < -0.39 is 42.4 Å². The standard InChI is InChI=1S/C21H36O6/c1-5-6-7-8-17(25)27-15-11-14(12-22)21(26,13-23)20(4)16(24)9-10-19(2,3)18(15)20/h11,15-16,18,22-24,26H,5-10,12-13H2,1-4H3/t15-,16-,18+,20+,21?/m1/s1. The molecule has 2 aliphatic carbocycles. The first-order chi connectivity index (χ1) is 12.6. The fourth-order valence-corrected chi connectivity index (χ4v) is 5.37. The van der Waals surface area contributed by atoms with E-state index >= 15 is 0 Å². The molecule has 0 aromatic carbocycles. The first-order valence-electron chi connectivity index (χ1n) is 10.1. The van der Waals surface area contributed by atoms with Gasteiger partial charge in [-0.25, -0.2) is 0 Å². The van der Waals surface area contributed by atoms with Gasteiger partial charge in [-0.1, -0.05) is 40.5 Å². The summed E-state index contributed by atoms with van der Waals surface area (Å²) in [6.07, 6.45) is 4.26. The molecule has 1 fully saturated rings. The molecule has 2 rings (SSSR count). The van der Waals surface area contributed by atoms with Crippen molar-refractivity contribution in [1.29, 1.82) is 0 Å². The van der Waals surface area contributed by atoms with Gasteiger partial charge < -0.3 is 25.2 Å². The van der Waals surface area contributed by atoms with Gasteiger partial charge in [0.05, 0.1) is 19.3 Å². The Hall–Kier alpha value is -0.950. The molecule has 1 unspecified atom stereocenters. The lowest BCUT2D eigenvalue weighted by atomic mass is 9.45. The van der Waals surface area contributed by atoms with Crippen LogP contribution in [0.4, 0.5) is 0 Å². The van der Waals surface area contributed by atoms with Crippen LogP contribution in [0.15, 0.2) is 11.6 Å². The van der Waals surface area contributed by atoms with Crippen LogP contribution in [-0.4, -0.2) is 57.4 Å². The number of hydrogen-bond acceptors (Lipinski definition) is 6. The van der Waals surface area contributed by atoms with Crippen LogP contribution in [0.2, 0.25) is 0 Å². The molecular formula is C21H36O6. The van der Waals surface area contributed by atoms with Crippen molar-refractivity contribution in [2.45, 2.75) is 84.0 Å². The summed E-state index contributed by atoms with van der Waals surface area (Å²) in [7, 11) is 0. The van der Waals surface area contributed by atoms with E-state index in [2.05, 4.69) is 6.92 Å². The van der Waals surface area contributed by atoms with E-state index in [4.69, 9.17) is 4.74 Å². The molecule has 0 aromatic rings. The summed E-state index contributed by atoms with van der Waals surface area (Å²) in [6, 6.07) is 0. The normalized spacial score (nSPS) is 38.1. The van der Waals surface area contributed by atoms with E-state index in [1.807, 2.05) is 13.8 Å². The Kier molecular flexibility index (Phi) is 6.78. The molecule has 0 saturated heterocycles. The molecule has 0 amide bonds. The summed E-state index contributed by atoms with van der Waals surface area (Å²) >= 11 is 0. The fraction of sp³-hybridized carbons (Fsp3) is 0.857. The van der Waals surface area contributed by atoms with Gasteiger partial charge in [-0.2, -0.15) is 0 Å². The number of rotatable bonds is 7. The minimum Gasteiger partial charge on any atom is -0.458 e. The van der Waals surface area contributed by atoms with Crippen LogP contribution in [0.5, 0.6) is 0 Å². The van der Waals surface area contributed by atoms with Crippen LogP contribution in [0.25, 0.3) is 0 Å². The molecular weight excluding hydrogens is 348 g/mol. The van der Waals surface area contributed by atoms with Crippen molar-refractivity contribution in [3.05, 3.63) is 11.6 Å². The predicted octanol–water partition coefficient (Wildman–Crippen LogP) is 1.94. The zero-order valence-electron chi connectivity index (χ0n) is 17.1. The van der Waals surface area contributed by atoms with Gasteiger partial charge in [0.15, 0.2) is 0 Å². The molecule has 0 aromatic heterocycles. The number of aliphatic hydroxyl groups is 4. The summed E-state index contributed by atoms with van der Waals surface area (Å²) in [5.41, 5.74) is -3.05. The molecule has 6 nitrogen and oxygen atoms in total. The van der Waals surface area contributed by atoms with Gasteiger partial charge in [0.1, 0.15) is 11.7 Å². The van der Waals surface area contributed by atoms with E-state index in [1.54, 1.807) is 13.0 Å². The fourth-order valence-electron chi connectivity index (χ4n) is 5.37. The Labute approximate surface area is 162 Å². The molecule has 0 heterocycles. The number of aliphatic hydroxyl groups excluding tert-OH is 3. The smallest absolute Gasteiger partial charge is 0.306 e. The van der Waals surface area contributed by atoms with Gasteiger partial charge in [-0.05, 0) is 36.3 Å². The molecule has 156 valence electrons. The highest BCUT2D eigenvalue weighted by Crippen LogP contribution is 2.61. The van der Waals surface area contributed by atoms with Crippen molar-refractivity contribution < 1.29 is 30.0 Å². The summed E-state index contributed by atoms with van der Waals surface area (Å²) < 4.78 is 5.80. The second-order valence-corrected chi connectivity index (χ2v) is 9.08. The number of unbranched alkanes of at least 4 members (excludes halogenated alkanes) is 2. The van der Waals surface area contributed by atoms with Gasteiger partial charge in [-0.15, -0.1) is 0 Å². The minimum atomic E-state index is -1.77. The minimum absolute atomic E-state index is 0.201. The van der Waals surface area contributed by atoms with Gasteiger partial charge in [-0.3, -0.25) is 4.79 Å². The highest BCUT2D eigenvalue weighted by atomic mass is 16.5. The number of esters is 1. The number of ether oxygens (including phenoxy) is 1. The van der Waals surface area contributed by atoms with Gasteiger partial charge in [0, 0.05) is 17.8 Å². The monoisotopic (exact) mass is 384 g/mol. The molecule has 27 heavy (non-hydrogen) atoms. The third-order valence-electron chi connectivity index (χ3n) is 7.01. The Balaban J connectivity index is 2.46. The largest absolute Gasteiger partial charge is 0.458 e. The topological polar surface area (TPSA) is 107 Å². The van der Waals surface area contributed by atoms with E-state index in [1.165, 1.54) is 0 Å². The summed E-state index contributed by atoms with van der Waals surface area (Å²) in [4.78, 5) is 12.4. The Morgan fingerprint density at radius 3 is 2.48 bits per heavy atom. The molecule has 5 atom stereocenters. The maximum absolute atomic E-state index is 12.4. The molecule has 2 aliphatic rings. The quantitative estimate of drug-likeness (QED) is 0.304. The molecule has 0 bridgehead atoms. The zero-order valence-corrected chi connectivity index (χ0v) is 17.1. The highest BCUT2D eigenvalue weighted by molar-refractivity contribution is 5.69. The summed E-state index contributed by atoms with van der Waals surface area (Å²) in [5, 5.41) is 42.1. The van der Waals surface area contributed by atoms with Crippen molar-refractivity contribution >= 4 is 5.97 Å². The Morgan fingerprint density at radius 2 is 1.93 bits per heavy atom. The average Bonchev–Trinajstić information content (AvgIpc) is 2.61.